The topological polar surface area (TPSA) is 122 Å². The van der Waals surface area contributed by atoms with Crippen molar-refractivity contribution in [2.75, 3.05) is 11.6 Å². The highest BCUT2D eigenvalue weighted by atomic mass is 32.2. The van der Waals surface area contributed by atoms with Crippen LogP contribution in [0, 0.1) is 10.1 Å². The third-order valence-corrected chi connectivity index (χ3v) is 5.21. The zero-order valence-electron chi connectivity index (χ0n) is 14.0. The number of hydrogen-bond acceptors (Lipinski definition) is 7. The molecule has 142 valence electrons. The van der Waals surface area contributed by atoms with E-state index in [9.17, 15) is 24.8 Å². The Morgan fingerprint density at radius 2 is 1.78 bits per heavy atom. The molecule has 2 aromatic rings. The van der Waals surface area contributed by atoms with Crippen molar-refractivity contribution in [3.63, 3.8) is 0 Å². The van der Waals surface area contributed by atoms with Crippen molar-refractivity contribution in [2.24, 2.45) is 0 Å². The zero-order valence-corrected chi connectivity index (χ0v) is 15.7. The summed E-state index contributed by atoms with van der Waals surface area (Å²) < 4.78 is 2.73. The van der Waals surface area contributed by atoms with Crippen molar-refractivity contribution in [3.8, 4) is 0 Å². The molecule has 27 heavy (non-hydrogen) atoms. The number of carboxylic acid groups (broad SMARTS) is 1. The molecule has 10 heteroatoms. The van der Waals surface area contributed by atoms with Crippen molar-refractivity contribution in [1.29, 1.82) is 0 Å². The van der Waals surface area contributed by atoms with Gasteiger partial charge in [0.05, 0.1) is 10.8 Å². The van der Waals surface area contributed by atoms with Crippen LogP contribution in [0.4, 0.5) is 5.69 Å². The monoisotopic (exact) mass is 407 g/mol. The highest BCUT2D eigenvalue weighted by molar-refractivity contribution is 7.99. The Balaban J connectivity index is 1.81. The van der Waals surface area contributed by atoms with Gasteiger partial charge in [-0.25, -0.2) is 4.72 Å². The number of amides is 1. The molecule has 1 amide bonds. The molecule has 0 spiro atoms. The molecule has 0 saturated carbocycles. The van der Waals surface area contributed by atoms with Crippen LogP contribution in [0.15, 0.2) is 59.5 Å². The first-order chi connectivity index (χ1) is 13.0. The number of carbonyl (C=O) groups excluding carboxylic acids is 1. The van der Waals surface area contributed by atoms with E-state index in [1.165, 1.54) is 17.8 Å². The maximum absolute atomic E-state index is 11.9. The minimum Gasteiger partial charge on any atom is -0.480 e. The Morgan fingerprint density at radius 1 is 1.11 bits per heavy atom. The highest BCUT2D eigenvalue weighted by Gasteiger charge is 2.20. The van der Waals surface area contributed by atoms with Crippen LogP contribution in [0.1, 0.15) is 10.4 Å². The lowest BCUT2D eigenvalue weighted by Crippen LogP contribution is -2.35. The number of thioether (sulfide) groups is 1. The summed E-state index contributed by atoms with van der Waals surface area (Å²) in [5, 5.41) is 23.0. The van der Waals surface area contributed by atoms with Crippen LogP contribution in [-0.2, 0) is 4.79 Å². The van der Waals surface area contributed by atoms with E-state index in [1.54, 1.807) is 42.5 Å². The number of carbonyl (C=O) groups is 2. The van der Waals surface area contributed by atoms with E-state index in [2.05, 4.69) is 10.0 Å². The Hall–Kier alpha value is -2.56. The molecule has 0 fully saturated rings. The largest absolute Gasteiger partial charge is 0.480 e. The predicted octanol–water partition coefficient (Wildman–Crippen LogP) is 2.77. The molecule has 0 saturated heterocycles. The summed E-state index contributed by atoms with van der Waals surface area (Å²) in [5.74, 6) is -0.895. The lowest BCUT2D eigenvalue weighted by Gasteiger charge is -2.13. The second-order valence-electron chi connectivity index (χ2n) is 5.22. The van der Waals surface area contributed by atoms with Gasteiger partial charge < -0.3 is 10.4 Å². The smallest absolute Gasteiger partial charge is 0.322 e. The summed E-state index contributed by atoms with van der Waals surface area (Å²) in [4.78, 5) is 34.1. The molecule has 1 atom stereocenters. The number of nitro groups is 1. The summed E-state index contributed by atoms with van der Waals surface area (Å²) in [6, 6.07) is 13.8. The van der Waals surface area contributed by atoms with Crippen molar-refractivity contribution < 1.29 is 19.6 Å². The Bertz CT molecular complexity index is 804. The molecule has 8 nitrogen and oxygen atoms in total. The van der Waals surface area contributed by atoms with Crippen molar-refractivity contribution in [2.45, 2.75) is 10.9 Å². The number of aliphatic carboxylic acids is 1. The number of hydrogen-bond donors (Lipinski definition) is 3. The fraction of sp³-hybridized carbons (Fsp3) is 0.176. The van der Waals surface area contributed by atoms with Crippen molar-refractivity contribution in [1.82, 2.24) is 10.0 Å². The van der Waals surface area contributed by atoms with Crippen LogP contribution in [0.25, 0.3) is 0 Å². The third kappa shape index (κ3) is 6.59. The van der Waals surface area contributed by atoms with Crippen LogP contribution in [0.2, 0.25) is 0 Å². The van der Waals surface area contributed by atoms with Gasteiger partial charge in [-0.05, 0) is 30.1 Å². The minimum absolute atomic E-state index is 0.0954. The fourth-order valence-electron chi connectivity index (χ4n) is 1.97. The molecule has 0 aliphatic carbocycles. The number of carboxylic acids is 1. The van der Waals surface area contributed by atoms with E-state index in [0.717, 1.165) is 11.9 Å². The molecule has 2 aromatic carbocycles. The van der Waals surface area contributed by atoms with Gasteiger partial charge >= 0.3 is 5.97 Å². The SMILES string of the molecule is O=C(NCSC[C@H](NSc1ccccc1[N+](=O)[O-])C(=O)O)c1ccccc1. The predicted molar refractivity (Wildman–Crippen MR) is 105 cm³/mol. The molecule has 0 aromatic heterocycles. The zero-order chi connectivity index (χ0) is 19.6. The third-order valence-electron chi connectivity index (χ3n) is 3.33. The van der Waals surface area contributed by atoms with Crippen LogP contribution >= 0.6 is 23.7 Å². The number of nitrogens with one attached hydrogen (secondary N) is 2. The van der Waals surface area contributed by atoms with Gasteiger partial charge in [-0.15, -0.1) is 11.8 Å². The summed E-state index contributed by atoms with van der Waals surface area (Å²) in [7, 11) is 0. The first-order valence-electron chi connectivity index (χ1n) is 7.78. The molecule has 2 rings (SSSR count). The van der Waals surface area contributed by atoms with Gasteiger partial charge in [-0.1, -0.05) is 30.3 Å². The first-order valence-corrected chi connectivity index (χ1v) is 9.75. The standard InChI is InChI=1S/C17H17N3O5S2/c21-16(12-6-2-1-3-7-12)18-11-26-10-13(17(22)23)19-27-15-9-5-4-8-14(15)20(24)25/h1-9,13,19H,10-11H2,(H,18,21)(H,22,23)/t13-/m0/s1. The van der Waals surface area contributed by atoms with Crippen molar-refractivity contribution >= 4 is 41.3 Å². The number of para-hydroxylation sites is 1. The maximum Gasteiger partial charge on any atom is 0.322 e. The van der Waals surface area contributed by atoms with Crippen LogP contribution in [-0.4, -0.2) is 39.6 Å². The van der Waals surface area contributed by atoms with Crippen LogP contribution in [0.3, 0.4) is 0 Å². The van der Waals surface area contributed by atoms with Crippen molar-refractivity contribution in [3.05, 3.63) is 70.3 Å². The quantitative estimate of drug-likeness (QED) is 0.181. The summed E-state index contributed by atoms with van der Waals surface area (Å²) in [6.45, 7) is 0. The average Bonchev–Trinajstić information content (AvgIpc) is 2.67. The second-order valence-corrected chi connectivity index (χ2v) is 7.13. The number of benzene rings is 2. The molecule has 3 N–H and O–H groups in total. The summed E-state index contributed by atoms with van der Waals surface area (Å²) in [6.07, 6.45) is 0. The molecule has 0 aliphatic rings. The van der Waals surface area contributed by atoms with E-state index in [1.807, 2.05) is 6.07 Å². The van der Waals surface area contributed by atoms with E-state index < -0.39 is 16.9 Å². The van der Waals surface area contributed by atoms with E-state index >= 15 is 0 Å². The van der Waals surface area contributed by atoms with Gasteiger partial charge in [-0.2, -0.15) is 0 Å². The Kier molecular flexibility index (Phi) is 8.11. The van der Waals surface area contributed by atoms with Gasteiger partial charge in [0.1, 0.15) is 10.9 Å². The molecular formula is C17H17N3O5S2. The molecular weight excluding hydrogens is 390 g/mol. The van der Waals surface area contributed by atoms with E-state index in [4.69, 9.17) is 0 Å². The fourth-order valence-corrected chi connectivity index (χ4v) is 3.73. The Labute approximate surface area is 164 Å². The highest BCUT2D eigenvalue weighted by Crippen LogP contribution is 2.27. The van der Waals surface area contributed by atoms with Gasteiger partial charge in [-0.3, -0.25) is 19.7 Å². The lowest BCUT2D eigenvalue weighted by molar-refractivity contribution is -0.387. The molecule has 0 aliphatic heterocycles. The maximum atomic E-state index is 11.9. The van der Waals surface area contributed by atoms with Gasteiger partial charge in [0.15, 0.2) is 0 Å². The second kappa shape index (κ2) is 10.6. The van der Waals surface area contributed by atoms with E-state index in [0.29, 0.717) is 10.5 Å². The molecule has 0 heterocycles. The van der Waals surface area contributed by atoms with Gasteiger partial charge in [0.25, 0.3) is 11.6 Å². The summed E-state index contributed by atoms with van der Waals surface area (Å²) >= 11 is 2.14. The molecule has 0 bridgehead atoms. The van der Waals surface area contributed by atoms with Crippen LogP contribution < -0.4 is 10.0 Å². The van der Waals surface area contributed by atoms with Gasteiger partial charge in [0.2, 0.25) is 0 Å². The van der Waals surface area contributed by atoms with Crippen LogP contribution in [0.5, 0.6) is 0 Å². The average molecular weight is 407 g/mol. The number of rotatable bonds is 10. The number of nitrogens with zero attached hydrogens (tertiary/aromatic N) is 1. The Morgan fingerprint density at radius 3 is 2.44 bits per heavy atom. The van der Waals surface area contributed by atoms with E-state index in [-0.39, 0.29) is 23.2 Å². The summed E-state index contributed by atoms with van der Waals surface area (Å²) in [5.41, 5.74) is 0.430. The normalized spacial score (nSPS) is 11.6. The number of nitro benzene ring substituents is 1. The first kappa shape index (κ1) is 20.7. The van der Waals surface area contributed by atoms with Gasteiger partial charge in [0, 0.05) is 17.4 Å². The molecule has 0 unspecified atom stereocenters. The molecule has 0 radical (unpaired) electrons. The lowest BCUT2D eigenvalue weighted by atomic mass is 10.2. The minimum atomic E-state index is -1.08.